The van der Waals surface area contributed by atoms with Gasteiger partial charge in [-0.25, -0.2) is 4.39 Å². The lowest BCUT2D eigenvalue weighted by Gasteiger charge is -2.12. The predicted octanol–water partition coefficient (Wildman–Crippen LogP) is 2.63. The van der Waals surface area contributed by atoms with Crippen molar-refractivity contribution in [3.05, 3.63) is 59.3 Å². The molecule has 0 unspecified atom stereocenters. The minimum Gasteiger partial charge on any atom is -0.469 e. The van der Waals surface area contributed by atoms with E-state index in [4.69, 9.17) is 4.42 Å². The normalized spacial score (nSPS) is 11.5. The number of aliphatic imine (C=N–C) groups is 1. The van der Waals surface area contributed by atoms with Gasteiger partial charge in [-0.05, 0) is 36.2 Å². The summed E-state index contributed by atoms with van der Waals surface area (Å²) in [5.74, 6) is 1.47. The van der Waals surface area contributed by atoms with Gasteiger partial charge >= 0.3 is 0 Å². The summed E-state index contributed by atoms with van der Waals surface area (Å²) in [5, 5.41) is 6.41. The SMILES string of the molecule is CN=C(NCCc1ccco1)NCc1ccc(F)c(C)c1. The number of nitrogens with zero attached hydrogens (tertiary/aromatic N) is 1. The van der Waals surface area contributed by atoms with Gasteiger partial charge in [0.25, 0.3) is 0 Å². The lowest BCUT2D eigenvalue weighted by Crippen LogP contribution is -2.37. The summed E-state index contributed by atoms with van der Waals surface area (Å²) >= 11 is 0. The van der Waals surface area contributed by atoms with Crippen molar-refractivity contribution in [3.63, 3.8) is 0 Å². The van der Waals surface area contributed by atoms with Crippen molar-refractivity contribution in [2.45, 2.75) is 19.9 Å². The number of benzene rings is 1. The van der Waals surface area contributed by atoms with Gasteiger partial charge in [0.1, 0.15) is 11.6 Å². The molecule has 0 saturated carbocycles. The van der Waals surface area contributed by atoms with Crippen LogP contribution in [0.2, 0.25) is 0 Å². The molecule has 0 fully saturated rings. The van der Waals surface area contributed by atoms with E-state index >= 15 is 0 Å². The predicted molar refractivity (Wildman–Crippen MR) is 81.8 cm³/mol. The van der Waals surface area contributed by atoms with Gasteiger partial charge in [0.05, 0.1) is 6.26 Å². The summed E-state index contributed by atoms with van der Waals surface area (Å²) in [6.07, 6.45) is 2.46. The first-order chi connectivity index (χ1) is 10.2. The van der Waals surface area contributed by atoms with Gasteiger partial charge in [0.15, 0.2) is 5.96 Å². The Morgan fingerprint density at radius 3 is 2.81 bits per heavy atom. The summed E-state index contributed by atoms with van der Waals surface area (Å²) in [4.78, 5) is 4.15. The molecule has 1 aromatic heterocycles. The molecule has 0 bridgehead atoms. The standard InChI is InChI=1S/C16H20FN3O/c1-12-10-13(5-6-15(12)17)11-20-16(18-2)19-8-7-14-4-3-9-21-14/h3-6,9-10H,7-8,11H2,1-2H3,(H2,18,19,20). The van der Waals surface area contributed by atoms with E-state index in [1.165, 1.54) is 6.07 Å². The Bertz CT molecular complexity index is 594. The summed E-state index contributed by atoms with van der Waals surface area (Å²) in [6.45, 7) is 3.09. The van der Waals surface area contributed by atoms with Gasteiger partial charge in [-0.1, -0.05) is 12.1 Å². The minimum absolute atomic E-state index is 0.181. The molecule has 0 aliphatic rings. The highest BCUT2D eigenvalue weighted by Crippen LogP contribution is 2.08. The van der Waals surface area contributed by atoms with Gasteiger partial charge in [-0.15, -0.1) is 0 Å². The third-order valence-electron chi connectivity index (χ3n) is 3.15. The van der Waals surface area contributed by atoms with Crippen LogP contribution in [0, 0.1) is 12.7 Å². The van der Waals surface area contributed by atoms with Gasteiger partial charge in [0, 0.05) is 26.6 Å². The van der Waals surface area contributed by atoms with Crippen LogP contribution in [0.5, 0.6) is 0 Å². The minimum atomic E-state index is -0.181. The van der Waals surface area contributed by atoms with Crippen LogP contribution in [0.1, 0.15) is 16.9 Å². The van der Waals surface area contributed by atoms with Crippen LogP contribution in [0.25, 0.3) is 0 Å². The molecule has 21 heavy (non-hydrogen) atoms. The fourth-order valence-electron chi connectivity index (χ4n) is 1.98. The van der Waals surface area contributed by atoms with Crippen molar-refractivity contribution in [1.29, 1.82) is 0 Å². The first-order valence-corrected chi connectivity index (χ1v) is 6.91. The van der Waals surface area contributed by atoms with Crippen molar-refractivity contribution < 1.29 is 8.81 Å². The van der Waals surface area contributed by atoms with E-state index in [0.29, 0.717) is 18.1 Å². The smallest absolute Gasteiger partial charge is 0.191 e. The topological polar surface area (TPSA) is 49.6 Å². The van der Waals surface area contributed by atoms with Gasteiger partial charge in [-0.3, -0.25) is 4.99 Å². The molecule has 112 valence electrons. The van der Waals surface area contributed by atoms with Crippen LogP contribution < -0.4 is 10.6 Å². The van der Waals surface area contributed by atoms with E-state index in [2.05, 4.69) is 15.6 Å². The number of rotatable bonds is 5. The highest BCUT2D eigenvalue weighted by Gasteiger charge is 2.02. The molecule has 4 nitrogen and oxygen atoms in total. The quantitative estimate of drug-likeness (QED) is 0.657. The number of nitrogens with one attached hydrogen (secondary N) is 2. The largest absolute Gasteiger partial charge is 0.469 e. The fraction of sp³-hybridized carbons (Fsp3) is 0.312. The molecule has 0 saturated heterocycles. The van der Waals surface area contributed by atoms with E-state index in [1.54, 1.807) is 26.3 Å². The molecule has 2 N–H and O–H groups in total. The number of aryl methyl sites for hydroxylation is 1. The zero-order valence-electron chi connectivity index (χ0n) is 12.3. The molecule has 1 heterocycles. The summed E-state index contributed by atoms with van der Waals surface area (Å²) in [7, 11) is 1.72. The van der Waals surface area contributed by atoms with Crippen molar-refractivity contribution in [2.24, 2.45) is 4.99 Å². The van der Waals surface area contributed by atoms with Crippen LogP contribution >= 0.6 is 0 Å². The second-order valence-electron chi connectivity index (χ2n) is 4.77. The maximum Gasteiger partial charge on any atom is 0.191 e. The molecular weight excluding hydrogens is 269 g/mol. The zero-order chi connectivity index (χ0) is 15.1. The van der Waals surface area contributed by atoms with Crippen LogP contribution in [0.15, 0.2) is 46.0 Å². The Hall–Kier alpha value is -2.30. The van der Waals surface area contributed by atoms with E-state index < -0.39 is 0 Å². The first-order valence-electron chi connectivity index (χ1n) is 6.91. The maximum absolute atomic E-state index is 13.2. The fourth-order valence-corrected chi connectivity index (χ4v) is 1.98. The van der Waals surface area contributed by atoms with E-state index in [1.807, 2.05) is 18.2 Å². The average molecular weight is 289 g/mol. The summed E-state index contributed by atoms with van der Waals surface area (Å²) in [5.41, 5.74) is 1.66. The van der Waals surface area contributed by atoms with Gasteiger partial charge in [0.2, 0.25) is 0 Å². The average Bonchev–Trinajstić information content (AvgIpc) is 2.99. The number of halogens is 1. The maximum atomic E-state index is 13.2. The molecule has 5 heteroatoms. The Morgan fingerprint density at radius 1 is 1.29 bits per heavy atom. The molecule has 0 aliphatic carbocycles. The Morgan fingerprint density at radius 2 is 2.14 bits per heavy atom. The lowest BCUT2D eigenvalue weighted by molar-refractivity contribution is 0.507. The molecule has 0 atom stereocenters. The highest BCUT2D eigenvalue weighted by molar-refractivity contribution is 5.79. The first kappa shape index (κ1) is 15.1. The van der Waals surface area contributed by atoms with Crippen molar-refractivity contribution in [2.75, 3.05) is 13.6 Å². The molecule has 0 spiro atoms. The Balaban J connectivity index is 1.78. The van der Waals surface area contributed by atoms with Crippen molar-refractivity contribution >= 4 is 5.96 Å². The van der Waals surface area contributed by atoms with Gasteiger partial charge < -0.3 is 15.1 Å². The van der Waals surface area contributed by atoms with E-state index in [-0.39, 0.29) is 5.82 Å². The number of hydrogen-bond donors (Lipinski definition) is 2. The van der Waals surface area contributed by atoms with Gasteiger partial charge in [-0.2, -0.15) is 0 Å². The van der Waals surface area contributed by atoms with Crippen molar-refractivity contribution in [1.82, 2.24) is 10.6 Å². The molecule has 2 rings (SSSR count). The monoisotopic (exact) mass is 289 g/mol. The lowest BCUT2D eigenvalue weighted by atomic mass is 10.1. The number of hydrogen-bond acceptors (Lipinski definition) is 2. The molecule has 0 radical (unpaired) electrons. The number of furan rings is 1. The molecular formula is C16H20FN3O. The van der Waals surface area contributed by atoms with Crippen LogP contribution in [-0.4, -0.2) is 19.6 Å². The van der Waals surface area contributed by atoms with Crippen LogP contribution in [0.3, 0.4) is 0 Å². The second kappa shape index (κ2) is 7.47. The van der Waals surface area contributed by atoms with Crippen LogP contribution in [-0.2, 0) is 13.0 Å². The van der Waals surface area contributed by atoms with E-state index in [9.17, 15) is 4.39 Å². The van der Waals surface area contributed by atoms with Crippen LogP contribution in [0.4, 0.5) is 4.39 Å². The molecule has 0 aliphatic heterocycles. The highest BCUT2D eigenvalue weighted by atomic mass is 19.1. The Kier molecular flexibility index (Phi) is 5.37. The molecule has 1 aromatic carbocycles. The number of guanidine groups is 1. The summed E-state index contributed by atoms with van der Waals surface area (Å²) in [6, 6.07) is 8.90. The van der Waals surface area contributed by atoms with E-state index in [0.717, 1.165) is 24.3 Å². The third-order valence-corrected chi connectivity index (χ3v) is 3.15. The zero-order valence-corrected chi connectivity index (χ0v) is 12.3. The molecule has 2 aromatic rings. The summed E-state index contributed by atoms with van der Waals surface area (Å²) < 4.78 is 18.5. The van der Waals surface area contributed by atoms with Crippen molar-refractivity contribution in [3.8, 4) is 0 Å². The second-order valence-corrected chi connectivity index (χ2v) is 4.77. The molecule has 0 amide bonds. The third kappa shape index (κ3) is 4.63. The Labute approximate surface area is 124 Å².